The average molecular weight is 380 g/mol. The first-order chi connectivity index (χ1) is 12.4. The molecule has 0 aromatic heterocycles. The van der Waals surface area contributed by atoms with Gasteiger partial charge in [0.2, 0.25) is 5.91 Å². The van der Waals surface area contributed by atoms with Gasteiger partial charge in [-0.25, -0.2) is 0 Å². The van der Waals surface area contributed by atoms with E-state index in [2.05, 4.69) is 4.74 Å². The van der Waals surface area contributed by atoms with Gasteiger partial charge in [0, 0.05) is 18.5 Å². The monoisotopic (exact) mass is 380 g/mol. The molecule has 0 aliphatic carbocycles. The Balaban J connectivity index is 2.06. The van der Waals surface area contributed by atoms with Crippen molar-refractivity contribution in [2.75, 3.05) is 12.8 Å². The zero-order valence-corrected chi connectivity index (χ0v) is 14.8. The van der Waals surface area contributed by atoms with Crippen molar-refractivity contribution in [2.24, 2.45) is 5.73 Å². The molecule has 2 amide bonds. The molecule has 0 spiro atoms. The lowest BCUT2D eigenvalue weighted by Gasteiger charge is -2.19. The molecular formula is C18H18F2N2O3S. The van der Waals surface area contributed by atoms with E-state index in [9.17, 15) is 18.4 Å². The molecule has 0 aliphatic heterocycles. The molecule has 138 valence electrons. The number of nitrogens with zero attached hydrogens (tertiary/aromatic N) is 1. The molecule has 0 radical (unpaired) electrons. The van der Waals surface area contributed by atoms with Gasteiger partial charge in [-0.2, -0.15) is 8.78 Å². The largest absolute Gasteiger partial charge is 0.435 e. The maximum absolute atomic E-state index is 12.7. The third kappa shape index (κ3) is 5.73. The minimum Gasteiger partial charge on any atom is -0.435 e. The number of alkyl halides is 2. The quantitative estimate of drug-likeness (QED) is 0.714. The van der Waals surface area contributed by atoms with E-state index in [1.165, 1.54) is 28.8 Å². The van der Waals surface area contributed by atoms with Crippen LogP contribution in [0.25, 0.3) is 0 Å². The molecule has 0 heterocycles. The van der Waals surface area contributed by atoms with Gasteiger partial charge in [0.15, 0.2) is 0 Å². The Hall–Kier alpha value is -2.61. The van der Waals surface area contributed by atoms with Crippen LogP contribution >= 0.6 is 11.8 Å². The number of benzene rings is 2. The average Bonchev–Trinajstić information content (AvgIpc) is 2.60. The number of thioether (sulfide) groups is 1. The number of hydrogen-bond acceptors (Lipinski definition) is 4. The van der Waals surface area contributed by atoms with Gasteiger partial charge in [-0.1, -0.05) is 24.3 Å². The van der Waals surface area contributed by atoms with Crippen LogP contribution in [0.15, 0.2) is 53.4 Å². The van der Waals surface area contributed by atoms with Crippen LogP contribution in [-0.2, 0) is 11.3 Å². The third-order valence-electron chi connectivity index (χ3n) is 3.40. The summed E-state index contributed by atoms with van der Waals surface area (Å²) >= 11 is 1.21. The Morgan fingerprint density at radius 2 is 1.81 bits per heavy atom. The molecule has 8 heteroatoms. The molecule has 26 heavy (non-hydrogen) atoms. The van der Waals surface area contributed by atoms with Crippen LogP contribution in [-0.4, -0.2) is 36.1 Å². The zero-order valence-electron chi connectivity index (χ0n) is 14.0. The summed E-state index contributed by atoms with van der Waals surface area (Å²) < 4.78 is 28.6. The summed E-state index contributed by atoms with van der Waals surface area (Å²) in [6.45, 7) is -2.58. The second-order valence-electron chi connectivity index (χ2n) is 5.43. The first-order valence-electron chi connectivity index (χ1n) is 7.66. The van der Waals surface area contributed by atoms with Crippen LogP contribution in [0.1, 0.15) is 15.9 Å². The lowest BCUT2D eigenvalue weighted by atomic mass is 10.1. The van der Waals surface area contributed by atoms with Crippen molar-refractivity contribution in [1.82, 2.24) is 4.90 Å². The van der Waals surface area contributed by atoms with Crippen LogP contribution < -0.4 is 10.5 Å². The highest BCUT2D eigenvalue weighted by Gasteiger charge is 2.16. The minimum absolute atomic E-state index is 0.0610. The van der Waals surface area contributed by atoms with Gasteiger partial charge in [0.05, 0.1) is 11.3 Å². The molecule has 0 atom stereocenters. The van der Waals surface area contributed by atoms with Gasteiger partial charge < -0.3 is 15.4 Å². The molecule has 0 saturated heterocycles. The number of halogens is 2. The Morgan fingerprint density at radius 3 is 2.42 bits per heavy atom. The molecule has 2 aromatic carbocycles. The summed E-state index contributed by atoms with van der Waals surface area (Å²) in [7, 11) is 1.64. The number of carbonyl (C=O) groups excluding carboxylic acids is 2. The van der Waals surface area contributed by atoms with Crippen LogP contribution in [0.5, 0.6) is 5.75 Å². The fraction of sp³-hybridized carbons (Fsp3) is 0.222. The molecule has 5 nitrogen and oxygen atoms in total. The van der Waals surface area contributed by atoms with Crippen LogP contribution in [0.4, 0.5) is 8.78 Å². The Morgan fingerprint density at radius 1 is 1.15 bits per heavy atom. The molecule has 0 saturated carbocycles. The van der Waals surface area contributed by atoms with Gasteiger partial charge in [0.25, 0.3) is 5.91 Å². The topological polar surface area (TPSA) is 72.6 Å². The van der Waals surface area contributed by atoms with E-state index in [0.717, 1.165) is 5.56 Å². The highest BCUT2D eigenvalue weighted by Crippen LogP contribution is 2.24. The van der Waals surface area contributed by atoms with Crippen molar-refractivity contribution in [3.8, 4) is 5.75 Å². The van der Waals surface area contributed by atoms with Gasteiger partial charge in [-0.05, 0) is 29.8 Å². The van der Waals surface area contributed by atoms with Crippen LogP contribution in [0.3, 0.4) is 0 Å². The van der Waals surface area contributed by atoms with E-state index in [0.29, 0.717) is 17.0 Å². The summed E-state index contributed by atoms with van der Waals surface area (Å²) in [6, 6.07) is 13.1. The van der Waals surface area contributed by atoms with E-state index in [-0.39, 0.29) is 17.4 Å². The number of primary amides is 1. The molecule has 0 bridgehead atoms. The van der Waals surface area contributed by atoms with Crippen molar-refractivity contribution in [3.63, 3.8) is 0 Å². The maximum atomic E-state index is 12.7. The number of nitrogens with two attached hydrogens (primary N) is 1. The van der Waals surface area contributed by atoms with Crippen molar-refractivity contribution in [1.29, 1.82) is 0 Å². The Kier molecular flexibility index (Phi) is 6.97. The lowest BCUT2D eigenvalue weighted by Crippen LogP contribution is -2.26. The number of carbonyl (C=O) groups is 2. The minimum atomic E-state index is -2.88. The smallest absolute Gasteiger partial charge is 0.387 e. The van der Waals surface area contributed by atoms with E-state index in [1.807, 2.05) is 0 Å². The first kappa shape index (κ1) is 19.7. The Bertz CT molecular complexity index is 769. The Labute approximate surface area is 154 Å². The summed E-state index contributed by atoms with van der Waals surface area (Å²) in [5.74, 6) is -0.535. The van der Waals surface area contributed by atoms with E-state index < -0.39 is 12.5 Å². The number of amides is 2. The molecular weight excluding hydrogens is 362 g/mol. The predicted molar refractivity (Wildman–Crippen MR) is 95.2 cm³/mol. The predicted octanol–water partition coefficient (Wildman–Crippen LogP) is 3.14. The molecule has 2 rings (SSSR count). The third-order valence-corrected chi connectivity index (χ3v) is 4.50. The van der Waals surface area contributed by atoms with Gasteiger partial charge in [-0.3, -0.25) is 9.59 Å². The maximum Gasteiger partial charge on any atom is 0.387 e. The second-order valence-corrected chi connectivity index (χ2v) is 6.45. The summed E-state index contributed by atoms with van der Waals surface area (Å²) in [5, 5.41) is 0. The number of hydrogen-bond donors (Lipinski definition) is 1. The van der Waals surface area contributed by atoms with Crippen molar-refractivity contribution in [3.05, 3.63) is 59.7 Å². The molecule has 2 aromatic rings. The van der Waals surface area contributed by atoms with Crippen LogP contribution in [0, 0.1) is 0 Å². The fourth-order valence-electron chi connectivity index (χ4n) is 2.25. The van der Waals surface area contributed by atoms with Gasteiger partial charge in [-0.15, -0.1) is 11.8 Å². The highest BCUT2D eigenvalue weighted by molar-refractivity contribution is 8.00. The van der Waals surface area contributed by atoms with Gasteiger partial charge in [0.1, 0.15) is 5.75 Å². The van der Waals surface area contributed by atoms with E-state index >= 15 is 0 Å². The summed E-state index contributed by atoms with van der Waals surface area (Å²) in [4.78, 5) is 25.8. The summed E-state index contributed by atoms with van der Waals surface area (Å²) in [5.41, 5.74) is 6.40. The molecule has 0 unspecified atom stereocenters. The lowest BCUT2D eigenvalue weighted by molar-refractivity contribution is -0.115. The number of ether oxygens (including phenoxy) is 1. The van der Waals surface area contributed by atoms with Gasteiger partial charge >= 0.3 is 6.61 Å². The van der Waals surface area contributed by atoms with E-state index in [4.69, 9.17) is 5.73 Å². The van der Waals surface area contributed by atoms with Crippen molar-refractivity contribution < 1.29 is 23.1 Å². The standard InChI is InChI=1S/C18H18F2N2O3S/c1-22(10-12-6-8-13(9-7-12)25-18(19)20)17(24)14-4-2-3-5-15(14)26-11-16(21)23/h2-9,18H,10-11H2,1H3,(H2,21,23). The molecule has 2 N–H and O–H groups in total. The van der Waals surface area contributed by atoms with Crippen molar-refractivity contribution >= 4 is 23.6 Å². The second kappa shape index (κ2) is 9.19. The molecule has 0 aliphatic rings. The molecule has 0 fully saturated rings. The zero-order chi connectivity index (χ0) is 19.1. The normalized spacial score (nSPS) is 10.6. The number of rotatable bonds is 8. The summed E-state index contributed by atoms with van der Waals surface area (Å²) in [6.07, 6.45) is 0. The fourth-order valence-corrected chi connectivity index (χ4v) is 3.03. The first-order valence-corrected chi connectivity index (χ1v) is 8.64. The van der Waals surface area contributed by atoms with Crippen LogP contribution in [0.2, 0.25) is 0 Å². The highest BCUT2D eigenvalue weighted by atomic mass is 32.2. The SMILES string of the molecule is CN(Cc1ccc(OC(F)F)cc1)C(=O)c1ccccc1SCC(N)=O. The van der Waals surface area contributed by atoms with Crippen molar-refractivity contribution in [2.45, 2.75) is 18.1 Å². The van der Waals surface area contributed by atoms with E-state index in [1.54, 1.807) is 43.4 Å².